The summed E-state index contributed by atoms with van der Waals surface area (Å²) in [6, 6.07) is 4.24. The second-order valence-corrected chi connectivity index (χ2v) is 6.13. The molecule has 100 valence electrons. The van der Waals surface area contributed by atoms with Crippen molar-refractivity contribution in [2.75, 3.05) is 13.2 Å². The van der Waals surface area contributed by atoms with Gasteiger partial charge in [0.05, 0.1) is 6.61 Å². The molecule has 1 aromatic carbocycles. The highest BCUT2D eigenvalue weighted by Gasteiger charge is 2.17. The molecule has 0 heterocycles. The Labute approximate surface area is 118 Å². The second-order valence-electron chi connectivity index (χ2n) is 5.21. The van der Waals surface area contributed by atoms with Gasteiger partial charge in [0.2, 0.25) is 0 Å². The molecule has 0 saturated heterocycles. The molecule has 1 aliphatic carbocycles. The summed E-state index contributed by atoms with van der Waals surface area (Å²) in [5.41, 5.74) is 8.10. The Morgan fingerprint density at radius 1 is 1.33 bits per heavy atom. The van der Waals surface area contributed by atoms with E-state index in [1.807, 2.05) is 0 Å². The molecule has 1 saturated carbocycles. The number of halogens is 1. The fourth-order valence-electron chi connectivity index (χ4n) is 2.73. The fraction of sp³-hybridized carbons (Fsp3) is 0.600. The van der Waals surface area contributed by atoms with E-state index in [9.17, 15) is 0 Å². The minimum absolute atomic E-state index is 0.662. The third kappa shape index (κ3) is 3.48. The predicted octanol–water partition coefficient (Wildman–Crippen LogP) is 3.83. The van der Waals surface area contributed by atoms with E-state index in [4.69, 9.17) is 10.5 Å². The van der Waals surface area contributed by atoms with Crippen molar-refractivity contribution in [3.05, 3.63) is 27.7 Å². The van der Waals surface area contributed by atoms with E-state index in [0.717, 1.165) is 29.2 Å². The van der Waals surface area contributed by atoms with E-state index in [0.29, 0.717) is 6.54 Å². The van der Waals surface area contributed by atoms with Crippen molar-refractivity contribution in [1.29, 1.82) is 0 Å². The summed E-state index contributed by atoms with van der Waals surface area (Å²) in [6.07, 6.45) is 6.25. The summed E-state index contributed by atoms with van der Waals surface area (Å²) in [7, 11) is 0. The third-order valence-corrected chi connectivity index (χ3v) is 4.13. The van der Waals surface area contributed by atoms with Gasteiger partial charge in [-0.15, -0.1) is 0 Å². The van der Waals surface area contributed by atoms with Crippen molar-refractivity contribution in [2.45, 2.75) is 39.0 Å². The van der Waals surface area contributed by atoms with Crippen LogP contribution >= 0.6 is 15.9 Å². The monoisotopic (exact) mass is 311 g/mol. The van der Waals surface area contributed by atoms with Crippen LogP contribution in [0.15, 0.2) is 16.6 Å². The SMILES string of the molecule is Cc1cc(Br)cc(CCN)c1OCC1CCCC1. The molecule has 0 unspecified atom stereocenters. The van der Waals surface area contributed by atoms with Crippen LogP contribution < -0.4 is 10.5 Å². The molecule has 0 spiro atoms. The molecule has 0 aromatic heterocycles. The Hall–Kier alpha value is -0.540. The van der Waals surface area contributed by atoms with Gasteiger partial charge in [-0.2, -0.15) is 0 Å². The first-order chi connectivity index (χ1) is 8.70. The lowest BCUT2D eigenvalue weighted by molar-refractivity contribution is 0.248. The van der Waals surface area contributed by atoms with E-state index >= 15 is 0 Å². The molecule has 1 aliphatic rings. The molecule has 1 fully saturated rings. The zero-order chi connectivity index (χ0) is 13.0. The van der Waals surface area contributed by atoms with Crippen LogP contribution in [-0.2, 0) is 6.42 Å². The highest BCUT2D eigenvalue weighted by Crippen LogP contribution is 2.31. The lowest BCUT2D eigenvalue weighted by Gasteiger charge is -2.17. The summed E-state index contributed by atoms with van der Waals surface area (Å²) in [4.78, 5) is 0. The molecular weight excluding hydrogens is 290 g/mol. The Balaban J connectivity index is 2.09. The van der Waals surface area contributed by atoms with Crippen LogP contribution in [0.25, 0.3) is 0 Å². The summed E-state index contributed by atoms with van der Waals surface area (Å²) in [5.74, 6) is 1.80. The molecule has 1 aromatic rings. The maximum atomic E-state index is 6.08. The van der Waals surface area contributed by atoms with E-state index in [1.54, 1.807) is 0 Å². The van der Waals surface area contributed by atoms with E-state index < -0.39 is 0 Å². The van der Waals surface area contributed by atoms with Gasteiger partial charge in [-0.25, -0.2) is 0 Å². The van der Waals surface area contributed by atoms with Gasteiger partial charge in [-0.3, -0.25) is 0 Å². The van der Waals surface area contributed by atoms with Crippen LogP contribution in [0.4, 0.5) is 0 Å². The minimum atomic E-state index is 0.662. The third-order valence-electron chi connectivity index (χ3n) is 3.67. The quantitative estimate of drug-likeness (QED) is 0.897. The molecule has 0 bridgehead atoms. The molecular formula is C15H22BrNO. The molecule has 0 atom stereocenters. The normalized spacial score (nSPS) is 16.2. The van der Waals surface area contributed by atoms with Crippen molar-refractivity contribution >= 4 is 15.9 Å². The number of ether oxygens (including phenoxy) is 1. The first-order valence-electron chi connectivity index (χ1n) is 6.82. The Morgan fingerprint density at radius 2 is 2.06 bits per heavy atom. The first-order valence-corrected chi connectivity index (χ1v) is 7.62. The molecule has 18 heavy (non-hydrogen) atoms. The Morgan fingerprint density at radius 3 is 2.72 bits per heavy atom. The highest BCUT2D eigenvalue weighted by atomic mass is 79.9. The van der Waals surface area contributed by atoms with Gasteiger partial charge in [0.1, 0.15) is 5.75 Å². The van der Waals surface area contributed by atoms with Crippen LogP contribution in [0.3, 0.4) is 0 Å². The highest BCUT2D eigenvalue weighted by molar-refractivity contribution is 9.10. The zero-order valence-electron chi connectivity index (χ0n) is 11.0. The number of nitrogens with two attached hydrogens (primary N) is 1. The second kappa shape index (κ2) is 6.58. The Bertz CT molecular complexity index is 400. The van der Waals surface area contributed by atoms with Crippen molar-refractivity contribution < 1.29 is 4.74 Å². The summed E-state index contributed by atoms with van der Waals surface area (Å²) >= 11 is 3.54. The number of rotatable bonds is 5. The van der Waals surface area contributed by atoms with Crippen molar-refractivity contribution in [1.82, 2.24) is 0 Å². The molecule has 0 radical (unpaired) electrons. The molecule has 2 N–H and O–H groups in total. The van der Waals surface area contributed by atoms with Crippen LogP contribution in [0, 0.1) is 12.8 Å². The van der Waals surface area contributed by atoms with Crippen LogP contribution in [0.1, 0.15) is 36.8 Å². The maximum absolute atomic E-state index is 6.08. The van der Waals surface area contributed by atoms with Gasteiger partial charge in [0, 0.05) is 4.47 Å². The predicted molar refractivity (Wildman–Crippen MR) is 79.1 cm³/mol. The molecule has 0 aliphatic heterocycles. The van der Waals surface area contributed by atoms with Gasteiger partial charge in [-0.1, -0.05) is 28.8 Å². The first kappa shape index (κ1) is 13.9. The van der Waals surface area contributed by atoms with Crippen molar-refractivity contribution in [3.8, 4) is 5.75 Å². The van der Waals surface area contributed by atoms with Gasteiger partial charge in [-0.05, 0) is 61.9 Å². The van der Waals surface area contributed by atoms with Crippen molar-refractivity contribution in [2.24, 2.45) is 11.7 Å². The Kier molecular flexibility index (Phi) is 5.07. The molecule has 2 rings (SSSR count). The summed E-state index contributed by atoms with van der Waals surface area (Å²) < 4.78 is 7.19. The minimum Gasteiger partial charge on any atom is -0.493 e. The van der Waals surface area contributed by atoms with Crippen molar-refractivity contribution in [3.63, 3.8) is 0 Å². The summed E-state index contributed by atoms with van der Waals surface area (Å²) in [6.45, 7) is 3.63. The van der Waals surface area contributed by atoms with Gasteiger partial charge >= 0.3 is 0 Å². The molecule has 0 amide bonds. The average molecular weight is 312 g/mol. The number of hydrogen-bond acceptors (Lipinski definition) is 2. The largest absolute Gasteiger partial charge is 0.493 e. The molecule has 3 heteroatoms. The topological polar surface area (TPSA) is 35.2 Å². The maximum Gasteiger partial charge on any atom is 0.125 e. The van der Waals surface area contributed by atoms with Gasteiger partial charge < -0.3 is 10.5 Å². The van der Waals surface area contributed by atoms with E-state index in [1.165, 1.54) is 36.8 Å². The number of benzene rings is 1. The summed E-state index contributed by atoms with van der Waals surface area (Å²) in [5, 5.41) is 0. The van der Waals surface area contributed by atoms with E-state index in [2.05, 4.69) is 35.0 Å². The smallest absolute Gasteiger partial charge is 0.125 e. The van der Waals surface area contributed by atoms with Gasteiger partial charge in [0.15, 0.2) is 0 Å². The van der Waals surface area contributed by atoms with Crippen LogP contribution in [-0.4, -0.2) is 13.2 Å². The number of hydrogen-bond donors (Lipinski definition) is 1. The fourth-order valence-corrected chi connectivity index (χ4v) is 3.34. The lowest BCUT2D eigenvalue weighted by Crippen LogP contribution is -2.12. The lowest BCUT2D eigenvalue weighted by atomic mass is 10.1. The van der Waals surface area contributed by atoms with Crippen LogP contribution in [0.2, 0.25) is 0 Å². The van der Waals surface area contributed by atoms with Gasteiger partial charge in [0.25, 0.3) is 0 Å². The zero-order valence-corrected chi connectivity index (χ0v) is 12.6. The molecule has 2 nitrogen and oxygen atoms in total. The standard InChI is InChI=1S/C15H22BrNO/c1-11-8-14(16)9-13(6-7-17)15(11)18-10-12-4-2-3-5-12/h8-9,12H,2-7,10,17H2,1H3. The van der Waals surface area contributed by atoms with Crippen LogP contribution in [0.5, 0.6) is 5.75 Å². The number of aryl methyl sites for hydroxylation is 1. The average Bonchev–Trinajstić information content (AvgIpc) is 2.81. The van der Waals surface area contributed by atoms with E-state index in [-0.39, 0.29) is 0 Å².